The fourth-order valence-corrected chi connectivity index (χ4v) is 2.18. The molecule has 0 unspecified atom stereocenters. The van der Waals surface area contributed by atoms with Gasteiger partial charge < -0.3 is 15.0 Å². The number of aromatic nitrogens is 1. The molecule has 90 valence electrons. The van der Waals surface area contributed by atoms with Gasteiger partial charge in [-0.05, 0) is 28.9 Å². The molecule has 2 rings (SSSR count). The maximum Gasteiger partial charge on any atom is 0.230 e. The maximum absolute atomic E-state index is 13.7. The molecule has 6 heteroatoms. The Balaban J connectivity index is 2.74. The van der Waals surface area contributed by atoms with E-state index >= 15 is 0 Å². The van der Waals surface area contributed by atoms with E-state index in [-0.39, 0.29) is 11.7 Å². The third-order valence-corrected chi connectivity index (χ3v) is 3.06. The number of nitrogen functional groups attached to an aromatic ring is 1. The molecule has 0 atom stereocenters. The summed E-state index contributed by atoms with van der Waals surface area (Å²) in [5.41, 5.74) is 7.25. The van der Waals surface area contributed by atoms with Crippen molar-refractivity contribution in [2.75, 3.05) is 12.8 Å². The van der Waals surface area contributed by atoms with E-state index in [2.05, 4.69) is 21.1 Å². The van der Waals surface area contributed by atoms with Gasteiger partial charge in [0.2, 0.25) is 5.88 Å². The lowest BCUT2D eigenvalue weighted by Crippen LogP contribution is -1.96. The van der Waals surface area contributed by atoms with E-state index in [4.69, 9.17) is 15.0 Å². The minimum absolute atomic E-state index is 0.168. The number of methoxy groups -OCH3 is 1. The summed E-state index contributed by atoms with van der Waals surface area (Å²) in [5, 5.41) is 3.59. The van der Waals surface area contributed by atoms with Crippen LogP contribution in [-0.4, -0.2) is 12.3 Å². The van der Waals surface area contributed by atoms with Crippen LogP contribution < -0.4 is 10.5 Å². The number of anilines is 1. The van der Waals surface area contributed by atoms with Crippen LogP contribution in [0.5, 0.6) is 5.75 Å². The molecule has 0 aliphatic carbocycles. The SMILES string of the molecule is COc1c(-c2cnoc2N)cc(Br)c(F)c1C. The lowest BCUT2D eigenvalue weighted by Gasteiger charge is -2.12. The Morgan fingerprint density at radius 3 is 2.71 bits per heavy atom. The second-order valence-electron chi connectivity index (χ2n) is 3.48. The van der Waals surface area contributed by atoms with Gasteiger partial charge in [-0.2, -0.15) is 0 Å². The van der Waals surface area contributed by atoms with E-state index in [9.17, 15) is 4.39 Å². The molecule has 0 bridgehead atoms. The number of nitrogens with two attached hydrogens (primary N) is 1. The number of ether oxygens (including phenoxy) is 1. The number of benzene rings is 1. The van der Waals surface area contributed by atoms with E-state index in [0.29, 0.717) is 26.9 Å². The molecular weight excluding hydrogens is 291 g/mol. The first-order valence-corrected chi connectivity index (χ1v) is 5.58. The first-order valence-electron chi connectivity index (χ1n) is 4.79. The van der Waals surface area contributed by atoms with Crippen LogP contribution in [0.1, 0.15) is 5.56 Å². The molecule has 0 spiro atoms. The first-order chi connectivity index (χ1) is 8.06. The summed E-state index contributed by atoms with van der Waals surface area (Å²) in [6.45, 7) is 1.63. The Labute approximate surface area is 106 Å². The molecule has 4 nitrogen and oxygen atoms in total. The van der Waals surface area contributed by atoms with E-state index in [1.165, 1.54) is 13.3 Å². The summed E-state index contributed by atoms with van der Waals surface area (Å²) < 4.78 is 24.0. The fourth-order valence-electron chi connectivity index (χ4n) is 1.65. The van der Waals surface area contributed by atoms with Crippen molar-refractivity contribution in [2.24, 2.45) is 0 Å². The molecule has 1 aromatic heterocycles. The van der Waals surface area contributed by atoms with Crippen LogP contribution >= 0.6 is 15.9 Å². The van der Waals surface area contributed by atoms with Crippen LogP contribution in [0.15, 0.2) is 21.3 Å². The van der Waals surface area contributed by atoms with Gasteiger partial charge in [-0.25, -0.2) is 4.39 Å². The van der Waals surface area contributed by atoms with Crippen molar-refractivity contribution in [3.8, 4) is 16.9 Å². The fraction of sp³-hybridized carbons (Fsp3) is 0.182. The number of halogens is 2. The molecule has 0 fully saturated rings. The summed E-state index contributed by atoms with van der Waals surface area (Å²) in [6, 6.07) is 1.59. The zero-order valence-corrected chi connectivity index (χ0v) is 10.8. The van der Waals surface area contributed by atoms with E-state index in [1.807, 2.05) is 0 Å². The molecule has 0 saturated carbocycles. The van der Waals surface area contributed by atoms with Crippen LogP contribution in [-0.2, 0) is 0 Å². The molecule has 0 amide bonds. The standard InChI is InChI=1S/C11H10BrFN2O2/c1-5-9(13)8(12)3-6(10(5)16-2)7-4-15-17-11(7)14/h3-4H,14H2,1-2H3. The second kappa shape index (κ2) is 4.37. The summed E-state index contributed by atoms with van der Waals surface area (Å²) >= 11 is 3.15. The molecule has 2 aromatic rings. The summed E-state index contributed by atoms with van der Waals surface area (Å²) in [5.74, 6) is 0.224. The third kappa shape index (κ3) is 1.88. The Morgan fingerprint density at radius 2 is 2.18 bits per heavy atom. The van der Waals surface area contributed by atoms with Crippen LogP contribution in [0.25, 0.3) is 11.1 Å². The van der Waals surface area contributed by atoms with Crippen molar-refractivity contribution in [3.63, 3.8) is 0 Å². The summed E-state index contributed by atoms with van der Waals surface area (Å²) in [4.78, 5) is 0. The van der Waals surface area contributed by atoms with Crippen LogP contribution in [0.4, 0.5) is 10.3 Å². The zero-order valence-electron chi connectivity index (χ0n) is 9.25. The van der Waals surface area contributed by atoms with Gasteiger partial charge >= 0.3 is 0 Å². The Hall–Kier alpha value is -1.56. The highest BCUT2D eigenvalue weighted by Gasteiger charge is 2.19. The monoisotopic (exact) mass is 300 g/mol. The second-order valence-corrected chi connectivity index (χ2v) is 4.34. The lowest BCUT2D eigenvalue weighted by atomic mass is 10.0. The Bertz CT molecular complexity index is 569. The molecular formula is C11H10BrFN2O2. The number of hydrogen-bond donors (Lipinski definition) is 1. The van der Waals surface area contributed by atoms with Crippen LogP contribution in [0.2, 0.25) is 0 Å². The van der Waals surface area contributed by atoms with Gasteiger partial charge in [0.05, 0.1) is 23.3 Å². The van der Waals surface area contributed by atoms with Gasteiger partial charge in [-0.15, -0.1) is 0 Å². The zero-order chi connectivity index (χ0) is 12.6. The van der Waals surface area contributed by atoms with Gasteiger partial charge in [0.15, 0.2) is 0 Å². The number of nitrogens with zero attached hydrogens (tertiary/aromatic N) is 1. The highest BCUT2D eigenvalue weighted by atomic mass is 79.9. The maximum atomic E-state index is 13.7. The van der Waals surface area contributed by atoms with Gasteiger partial charge in [0.1, 0.15) is 11.6 Å². The van der Waals surface area contributed by atoms with E-state index in [0.717, 1.165) is 0 Å². The molecule has 17 heavy (non-hydrogen) atoms. The molecule has 0 aliphatic heterocycles. The predicted molar refractivity (Wildman–Crippen MR) is 65.3 cm³/mol. The first kappa shape index (κ1) is 11.9. The molecule has 0 saturated heterocycles. The average Bonchev–Trinajstić information content (AvgIpc) is 2.72. The minimum Gasteiger partial charge on any atom is -0.496 e. The number of rotatable bonds is 2. The quantitative estimate of drug-likeness (QED) is 0.925. The smallest absolute Gasteiger partial charge is 0.230 e. The summed E-state index contributed by atoms with van der Waals surface area (Å²) in [6.07, 6.45) is 1.47. The topological polar surface area (TPSA) is 61.3 Å². The highest BCUT2D eigenvalue weighted by molar-refractivity contribution is 9.10. The minimum atomic E-state index is -0.361. The Kier molecular flexibility index (Phi) is 3.06. The van der Waals surface area contributed by atoms with Crippen LogP contribution in [0.3, 0.4) is 0 Å². The average molecular weight is 301 g/mol. The molecule has 0 aliphatic rings. The third-order valence-electron chi connectivity index (χ3n) is 2.49. The van der Waals surface area contributed by atoms with Gasteiger partial charge in [0, 0.05) is 11.1 Å². The molecule has 1 aromatic carbocycles. The van der Waals surface area contributed by atoms with E-state index in [1.54, 1.807) is 13.0 Å². The highest BCUT2D eigenvalue weighted by Crippen LogP contribution is 2.39. The lowest BCUT2D eigenvalue weighted by molar-refractivity contribution is 0.408. The van der Waals surface area contributed by atoms with E-state index < -0.39 is 0 Å². The van der Waals surface area contributed by atoms with Crippen molar-refractivity contribution < 1.29 is 13.7 Å². The Morgan fingerprint density at radius 1 is 1.47 bits per heavy atom. The van der Waals surface area contributed by atoms with Crippen molar-refractivity contribution in [1.29, 1.82) is 0 Å². The molecule has 0 radical (unpaired) electrons. The largest absolute Gasteiger partial charge is 0.496 e. The van der Waals surface area contributed by atoms with Crippen molar-refractivity contribution in [3.05, 3.63) is 28.1 Å². The van der Waals surface area contributed by atoms with Gasteiger partial charge in [-0.3, -0.25) is 0 Å². The van der Waals surface area contributed by atoms with Gasteiger partial charge in [-0.1, -0.05) is 5.16 Å². The normalized spacial score (nSPS) is 10.6. The molecule has 1 heterocycles. The predicted octanol–water partition coefficient (Wildman–Crippen LogP) is 3.14. The van der Waals surface area contributed by atoms with Crippen molar-refractivity contribution in [2.45, 2.75) is 6.92 Å². The van der Waals surface area contributed by atoms with Crippen molar-refractivity contribution >= 4 is 21.8 Å². The summed E-state index contributed by atoms with van der Waals surface area (Å²) in [7, 11) is 1.48. The van der Waals surface area contributed by atoms with Crippen LogP contribution in [0, 0.1) is 12.7 Å². The van der Waals surface area contributed by atoms with Crippen molar-refractivity contribution in [1.82, 2.24) is 5.16 Å². The molecule has 2 N–H and O–H groups in total. The number of hydrogen-bond acceptors (Lipinski definition) is 4. The van der Waals surface area contributed by atoms with Gasteiger partial charge in [0.25, 0.3) is 0 Å².